The van der Waals surface area contributed by atoms with Crippen LogP contribution in [0.2, 0.25) is 0 Å². The van der Waals surface area contributed by atoms with Gasteiger partial charge >= 0.3 is 11.9 Å². The molecule has 3 aliphatic rings. The number of allylic oxidation sites excluding steroid dienone is 6. The van der Waals surface area contributed by atoms with Gasteiger partial charge in [0.05, 0.1) is 6.04 Å². The molecular weight excluding hydrogens is 797 g/mol. The molecule has 2 N–H and O–H groups in total. The molecule has 0 radical (unpaired) electrons. The van der Waals surface area contributed by atoms with Crippen molar-refractivity contribution in [3.63, 3.8) is 0 Å². The molecule has 0 saturated heterocycles. The first-order valence-corrected chi connectivity index (χ1v) is 24.9. The fourth-order valence-corrected chi connectivity index (χ4v) is 12.0. The van der Waals surface area contributed by atoms with Crippen molar-refractivity contribution >= 4 is 56.6 Å². The van der Waals surface area contributed by atoms with E-state index in [2.05, 4.69) is 153 Å². The maximum Gasteiger partial charge on any atom is 0.303 e. The molecule has 4 aromatic carbocycles. The summed E-state index contributed by atoms with van der Waals surface area (Å²) in [6.07, 6.45) is 23.6. The smallest absolute Gasteiger partial charge is 0.303 e. The summed E-state index contributed by atoms with van der Waals surface area (Å²) in [6.45, 7) is 13.6. The highest BCUT2D eigenvalue weighted by Crippen LogP contribution is 2.52. The third kappa shape index (κ3) is 10.3. The van der Waals surface area contributed by atoms with Crippen LogP contribution >= 0.6 is 11.8 Å². The van der Waals surface area contributed by atoms with Crippen molar-refractivity contribution in [3.05, 3.63) is 130 Å². The second kappa shape index (κ2) is 20.8. The molecular formula is C56H70N2O4S. The van der Waals surface area contributed by atoms with Crippen molar-refractivity contribution in [2.24, 2.45) is 0 Å². The second-order valence-electron chi connectivity index (χ2n) is 19.1. The fourth-order valence-electron chi connectivity index (χ4n) is 10.7. The van der Waals surface area contributed by atoms with Crippen molar-refractivity contribution in [1.82, 2.24) is 0 Å². The summed E-state index contributed by atoms with van der Waals surface area (Å²) >= 11 is 2.06. The van der Waals surface area contributed by atoms with Gasteiger partial charge in [0.25, 0.3) is 0 Å². The Morgan fingerprint density at radius 1 is 0.698 bits per heavy atom. The molecule has 0 bridgehead atoms. The highest BCUT2D eigenvalue weighted by atomic mass is 32.2. The van der Waals surface area contributed by atoms with Crippen LogP contribution in [-0.4, -0.2) is 47.0 Å². The minimum atomic E-state index is -0.719. The average molecular weight is 867 g/mol. The summed E-state index contributed by atoms with van der Waals surface area (Å²) in [4.78, 5) is 29.2. The number of rotatable bonds is 21. The van der Waals surface area contributed by atoms with Crippen LogP contribution in [0.1, 0.15) is 142 Å². The van der Waals surface area contributed by atoms with Crippen molar-refractivity contribution in [1.29, 1.82) is 0 Å². The van der Waals surface area contributed by atoms with Crippen LogP contribution in [0.4, 0.5) is 11.4 Å². The number of nitrogens with zero attached hydrogens (tertiary/aromatic N) is 2. The SMILES string of the molecule is CCCCCCSC1=C(C=CC2N(CCCCCC(=O)O)c3ccc4ccccc4c3C2(C)C)CCCC1=CC=C1N(CCCCCC(=O)O)c2ccc3ccccc3c2C1(C)C. The number of carboxylic acid groups (broad SMARTS) is 2. The zero-order valence-corrected chi connectivity index (χ0v) is 39.4. The predicted octanol–water partition coefficient (Wildman–Crippen LogP) is 14.7. The molecule has 1 aliphatic carbocycles. The van der Waals surface area contributed by atoms with Crippen LogP contribution in [0.25, 0.3) is 21.5 Å². The van der Waals surface area contributed by atoms with Gasteiger partial charge in [0, 0.05) is 58.7 Å². The molecule has 0 fully saturated rings. The molecule has 7 rings (SSSR count). The highest BCUT2D eigenvalue weighted by Gasteiger charge is 2.44. The quantitative estimate of drug-likeness (QED) is 0.0808. The lowest BCUT2D eigenvalue weighted by Gasteiger charge is -2.33. The number of hydrogen-bond donors (Lipinski definition) is 2. The number of thioether (sulfide) groups is 1. The zero-order valence-electron chi connectivity index (χ0n) is 38.6. The van der Waals surface area contributed by atoms with Gasteiger partial charge in [-0.1, -0.05) is 146 Å². The van der Waals surface area contributed by atoms with Crippen LogP contribution in [-0.2, 0) is 20.4 Å². The molecule has 2 heterocycles. The monoisotopic (exact) mass is 867 g/mol. The summed E-state index contributed by atoms with van der Waals surface area (Å²) < 4.78 is 0. The maximum atomic E-state index is 11.3. The van der Waals surface area contributed by atoms with Crippen molar-refractivity contribution < 1.29 is 19.8 Å². The van der Waals surface area contributed by atoms with Crippen LogP contribution in [0.3, 0.4) is 0 Å². The summed E-state index contributed by atoms with van der Waals surface area (Å²) in [5.41, 5.74) is 9.21. The summed E-state index contributed by atoms with van der Waals surface area (Å²) in [5.74, 6) is -0.323. The average Bonchev–Trinajstić information content (AvgIpc) is 3.62. The van der Waals surface area contributed by atoms with E-state index in [-0.39, 0.29) is 29.7 Å². The van der Waals surface area contributed by atoms with Gasteiger partial charge in [-0.2, -0.15) is 0 Å². The van der Waals surface area contributed by atoms with Gasteiger partial charge < -0.3 is 20.0 Å². The summed E-state index contributed by atoms with van der Waals surface area (Å²) in [5, 5.41) is 23.8. The zero-order chi connectivity index (χ0) is 44.6. The van der Waals surface area contributed by atoms with Crippen molar-refractivity contribution in [3.8, 4) is 0 Å². The number of hydrogen-bond acceptors (Lipinski definition) is 5. The van der Waals surface area contributed by atoms with E-state index in [1.54, 1.807) is 0 Å². The van der Waals surface area contributed by atoms with Gasteiger partial charge in [0.1, 0.15) is 0 Å². The summed E-state index contributed by atoms with van der Waals surface area (Å²) in [6, 6.07) is 26.9. The van der Waals surface area contributed by atoms with E-state index in [0.29, 0.717) is 12.8 Å². The number of unbranched alkanes of at least 4 members (excludes halogenated alkanes) is 7. The molecule has 4 aromatic rings. The molecule has 2 aliphatic heterocycles. The second-order valence-corrected chi connectivity index (χ2v) is 20.2. The van der Waals surface area contributed by atoms with E-state index in [1.807, 2.05) is 0 Å². The van der Waals surface area contributed by atoms with Gasteiger partial charge in [-0.05, 0) is 119 Å². The molecule has 1 atom stereocenters. The number of carboxylic acids is 2. The van der Waals surface area contributed by atoms with Gasteiger partial charge in [-0.3, -0.25) is 9.59 Å². The van der Waals surface area contributed by atoms with Crippen LogP contribution in [0, 0.1) is 0 Å². The largest absolute Gasteiger partial charge is 0.481 e. The Labute approximate surface area is 381 Å². The maximum absolute atomic E-state index is 11.3. The molecule has 0 aromatic heterocycles. The Hall–Kier alpha value is -4.75. The Bertz CT molecular complexity index is 2400. The van der Waals surface area contributed by atoms with Crippen LogP contribution in [0.5, 0.6) is 0 Å². The molecule has 0 amide bonds. The first-order chi connectivity index (χ1) is 30.4. The lowest BCUT2D eigenvalue weighted by Crippen LogP contribution is -2.40. The fraction of sp³-hybridized carbons (Fsp3) is 0.464. The van der Waals surface area contributed by atoms with E-state index >= 15 is 0 Å². The van der Waals surface area contributed by atoms with Crippen molar-refractivity contribution in [2.45, 2.75) is 148 Å². The van der Waals surface area contributed by atoms with E-state index in [1.165, 1.54) is 91.5 Å². The van der Waals surface area contributed by atoms with E-state index in [4.69, 9.17) is 0 Å². The van der Waals surface area contributed by atoms with E-state index < -0.39 is 11.9 Å². The van der Waals surface area contributed by atoms with Crippen molar-refractivity contribution in [2.75, 3.05) is 28.6 Å². The topological polar surface area (TPSA) is 81.1 Å². The van der Waals surface area contributed by atoms with Crippen LogP contribution < -0.4 is 9.80 Å². The molecule has 1 unspecified atom stereocenters. The van der Waals surface area contributed by atoms with Gasteiger partial charge in [-0.25, -0.2) is 0 Å². The van der Waals surface area contributed by atoms with Gasteiger partial charge in [0.15, 0.2) is 0 Å². The predicted molar refractivity (Wildman–Crippen MR) is 267 cm³/mol. The third-order valence-electron chi connectivity index (χ3n) is 13.9. The Morgan fingerprint density at radius 3 is 1.98 bits per heavy atom. The number of aliphatic carboxylic acids is 2. The lowest BCUT2D eigenvalue weighted by atomic mass is 9.78. The Balaban J connectivity index is 1.25. The molecule has 7 heteroatoms. The first-order valence-electron chi connectivity index (χ1n) is 23.9. The lowest BCUT2D eigenvalue weighted by molar-refractivity contribution is -0.138. The normalized spacial score (nSPS) is 19.3. The number of fused-ring (bicyclic) bond motifs is 6. The van der Waals surface area contributed by atoms with Crippen LogP contribution in [0.15, 0.2) is 119 Å². The van der Waals surface area contributed by atoms with E-state index in [0.717, 1.165) is 63.8 Å². The number of anilines is 2. The highest BCUT2D eigenvalue weighted by molar-refractivity contribution is 8.03. The minimum Gasteiger partial charge on any atom is -0.481 e. The first kappa shape index (κ1) is 46.2. The summed E-state index contributed by atoms with van der Waals surface area (Å²) in [7, 11) is 0. The van der Waals surface area contributed by atoms with E-state index in [9.17, 15) is 19.8 Å². The van der Waals surface area contributed by atoms with Gasteiger partial charge in [-0.15, -0.1) is 11.8 Å². The molecule has 6 nitrogen and oxygen atoms in total. The molecule has 63 heavy (non-hydrogen) atoms. The Kier molecular flexibility index (Phi) is 15.3. The molecule has 334 valence electrons. The third-order valence-corrected chi connectivity index (χ3v) is 15.2. The molecule has 0 saturated carbocycles. The van der Waals surface area contributed by atoms with Gasteiger partial charge in [0.2, 0.25) is 0 Å². The number of benzene rings is 4. The standard InChI is InChI=1S/C56H70N2O4S/c1-6-7-8-19-39-63-54-42(31-35-48-55(2,3)52-44-25-15-13-21-40(44)29-33-46(52)57(48)37-17-9-11-27-50(59)60)23-20-24-43(54)32-36-49-56(4,5)53-45-26-16-14-22-41(45)30-34-47(53)58(49)38-18-10-12-28-51(61)62/h13-16,21-22,25-26,29-36,48H,6-12,17-20,23-24,27-28,37-39H2,1-5H3,(H,59,60)(H,61,62). The Morgan fingerprint density at radius 2 is 1.32 bits per heavy atom. The minimum absolute atomic E-state index is 0.135. The number of carbonyl (C=O) groups is 2. The molecule has 0 spiro atoms.